The quantitative estimate of drug-likeness (QED) is 0.735. The second-order valence-corrected chi connectivity index (χ2v) is 5.33. The highest BCUT2D eigenvalue weighted by Crippen LogP contribution is 2.30. The van der Waals surface area contributed by atoms with E-state index in [1.165, 1.54) is 0 Å². The van der Waals surface area contributed by atoms with Gasteiger partial charge in [-0.05, 0) is 33.2 Å². The molecule has 0 saturated carbocycles. The molecule has 4 heteroatoms. The van der Waals surface area contributed by atoms with Crippen LogP contribution < -0.4 is 10.6 Å². The second-order valence-electron chi connectivity index (χ2n) is 5.33. The zero-order chi connectivity index (χ0) is 12.2. The Morgan fingerprint density at radius 2 is 2.25 bits per heavy atom. The van der Waals surface area contributed by atoms with E-state index in [1.54, 1.807) is 7.11 Å². The average Bonchev–Trinajstić information content (AvgIpc) is 2.66. The van der Waals surface area contributed by atoms with E-state index in [0.717, 1.165) is 25.9 Å². The number of methoxy groups -OCH3 is 1. The lowest BCUT2D eigenvalue weighted by molar-refractivity contribution is -0.132. The van der Waals surface area contributed by atoms with Crippen LogP contribution in [0.25, 0.3) is 0 Å². The predicted octanol–water partition coefficient (Wildman–Crippen LogP) is 0.917. The molecular formula is C12H24N2O2. The number of hydrogen-bond donors (Lipinski definition) is 2. The Morgan fingerprint density at radius 1 is 1.56 bits per heavy atom. The van der Waals surface area contributed by atoms with E-state index in [0.29, 0.717) is 6.61 Å². The highest BCUT2D eigenvalue weighted by molar-refractivity contribution is 5.83. The van der Waals surface area contributed by atoms with Crippen LogP contribution in [0.1, 0.15) is 33.6 Å². The molecule has 1 unspecified atom stereocenters. The summed E-state index contributed by atoms with van der Waals surface area (Å²) in [7, 11) is 1.65. The van der Waals surface area contributed by atoms with Gasteiger partial charge in [0.2, 0.25) is 5.91 Å². The van der Waals surface area contributed by atoms with Gasteiger partial charge in [0.05, 0.1) is 17.6 Å². The van der Waals surface area contributed by atoms with E-state index in [4.69, 9.17) is 4.74 Å². The van der Waals surface area contributed by atoms with Gasteiger partial charge in [-0.1, -0.05) is 6.92 Å². The number of amides is 1. The van der Waals surface area contributed by atoms with E-state index in [2.05, 4.69) is 17.6 Å². The summed E-state index contributed by atoms with van der Waals surface area (Å²) in [4.78, 5) is 12.3. The highest BCUT2D eigenvalue weighted by atomic mass is 16.5. The van der Waals surface area contributed by atoms with Crippen molar-refractivity contribution in [3.05, 3.63) is 0 Å². The first-order valence-electron chi connectivity index (χ1n) is 5.98. The number of carbonyl (C=O) groups excluding carboxylic acids is 1. The van der Waals surface area contributed by atoms with Gasteiger partial charge in [0.25, 0.3) is 0 Å². The van der Waals surface area contributed by atoms with Gasteiger partial charge in [0, 0.05) is 13.7 Å². The molecule has 2 N–H and O–H groups in total. The first-order chi connectivity index (χ1) is 7.46. The molecule has 0 aromatic heterocycles. The Balaban J connectivity index is 2.63. The molecular weight excluding hydrogens is 204 g/mol. The van der Waals surface area contributed by atoms with Crippen molar-refractivity contribution >= 4 is 5.91 Å². The van der Waals surface area contributed by atoms with Crippen LogP contribution in [0.2, 0.25) is 0 Å². The molecule has 1 aliphatic rings. The zero-order valence-corrected chi connectivity index (χ0v) is 10.9. The maximum Gasteiger partial charge on any atom is 0.228 e. The van der Waals surface area contributed by atoms with Gasteiger partial charge in [-0.15, -0.1) is 0 Å². The van der Waals surface area contributed by atoms with Gasteiger partial charge in [-0.2, -0.15) is 0 Å². The van der Waals surface area contributed by atoms with Crippen molar-refractivity contribution in [2.24, 2.45) is 5.41 Å². The average molecular weight is 228 g/mol. The minimum atomic E-state index is -0.295. The van der Waals surface area contributed by atoms with Crippen LogP contribution in [0.15, 0.2) is 0 Å². The predicted molar refractivity (Wildman–Crippen MR) is 64.3 cm³/mol. The van der Waals surface area contributed by atoms with Crippen LogP contribution in [-0.2, 0) is 9.53 Å². The Hall–Kier alpha value is -0.610. The van der Waals surface area contributed by atoms with Crippen molar-refractivity contribution in [1.82, 2.24) is 10.6 Å². The van der Waals surface area contributed by atoms with E-state index < -0.39 is 0 Å². The normalized spacial score (nSPS) is 25.8. The van der Waals surface area contributed by atoms with Crippen molar-refractivity contribution < 1.29 is 9.53 Å². The van der Waals surface area contributed by atoms with E-state index in [9.17, 15) is 4.79 Å². The molecule has 1 rings (SSSR count). The lowest BCUT2D eigenvalue weighted by Crippen LogP contribution is -2.53. The van der Waals surface area contributed by atoms with Crippen molar-refractivity contribution in [2.75, 3.05) is 26.8 Å². The van der Waals surface area contributed by atoms with E-state index in [1.807, 2.05) is 13.8 Å². The van der Waals surface area contributed by atoms with Gasteiger partial charge in [-0.25, -0.2) is 0 Å². The number of hydrogen-bond acceptors (Lipinski definition) is 3. The van der Waals surface area contributed by atoms with Crippen molar-refractivity contribution in [2.45, 2.75) is 39.2 Å². The van der Waals surface area contributed by atoms with Crippen LogP contribution in [0.3, 0.4) is 0 Å². The van der Waals surface area contributed by atoms with Crippen molar-refractivity contribution in [3.8, 4) is 0 Å². The fourth-order valence-corrected chi connectivity index (χ4v) is 2.24. The molecule has 16 heavy (non-hydrogen) atoms. The minimum absolute atomic E-state index is 0.155. The molecule has 0 bridgehead atoms. The maximum atomic E-state index is 12.3. The Kier molecular flexibility index (Phi) is 4.33. The number of nitrogens with one attached hydrogen (secondary N) is 2. The Bertz CT molecular complexity index is 245. The van der Waals surface area contributed by atoms with Crippen molar-refractivity contribution in [1.29, 1.82) is 0 Å². The molecule has 1 amide bonds. The fraction of sp³-hybridized carbons (Fsp3) is 0.917. The Morgan fingerprint density at radius 3 is 2.69 bits per heavy atom. The van der Waals surface area contributed by atoms with Gasteiger partial charge in [-0.3, -0.25) is 4.79 Å². The summed E-state index contributed by atoms with van der Waals surface area (Å²) in [6.45, 7) is 8.31. The molecule has 0 spiro atoms. The number of ether oxygens (including phenoxy) is 1. The summed E-state index contributed by atoms with van der Waals surface area (Å²) in [6.07, 6.45) is 1.81. The van der Waals surface area contributed by atoms with E-state index in [-0.39, 0.29) is 16.9 Å². The summed E-state index contributed by atoms with van der Waals surface area (Å²) in [5.74, 6) is 0.155. The molecule has 1 heterocycles. The van der Waals surface area contributed by atoms with Crippen LogP contribution in [-0.4, -0.2) is 38.3 Å². The van der Waals surface area contributed by atoms with Gasteiger partial charge in [0.15, 0.2) is 0 Å². The molecule has 94 valence electrons. The topological polar surface area (TPSA) is 50.4 Å². The van der Waals surface area contributed by atoms with E-state index >= 15 is 0 Å². The molecule has 1 saturated heterocycles. The Labute approximate surface area is 98.1 Å². The summed E-state index contributed by atoms with van der Waals surface area (Å²) < 4.78 is 5.11. The lowest BCUT2D eigenvalue weighted by atomic mass is 9.82. The molecule has 0 aliphatic carbocycles. The fourth-order valence-electron chi connectivity index (χ4n) is 2.24. The maximum absolute atomic E-state index is 12.3. The molecule has 0 aromatic rings. The molecule has 4 nitrogen and oxygen atoms in total. The van der Waals surface area contributed by atoms with Crippen LogP contribution >= 0.6 is 0 Å². The largest absolute Gasteiger partial charge is 0.382 e. The van der Waals surface area contributed by atoms with Gasteiger partial charge < -0.3 is 15.4 Å². The SMILES string of the molecule is CCC1(C(=O)NC(C)(C)COC)CCNC1. The lowest BCUT2D eigenvalue weighted by Gasteiger charge is -2.32. The van der Waals surface area contributed by atoms with Crippen LogP contribution in [0.4, 0.5) is 0 Å². The second kappa shape index (κ2) is 5.15. The smallest absolute Gasteiger partial charge is 0.228 e. The first kappa shape index (κ1) is 13.5. The first-order valence-corrected chi connectivity index (χ1v) is 5.98. The third-order valence-electron chi connectivity index (χ3n) is 3.36. The summed E-state index contributed by atoms with van der Waals surface area (Å²) in [6, 6.07) is 0. The summed E-state index contributed by atoms with van der Waals surface area (Å²) in [5, 5.41) is 6.36. The van der Waals surface area contributed by atoms with Gasteiger partial charge >= 0.3 is 0 Å². The number of rotatable bonds is 5. The minimum Gasteiger partial charge on any atom is -0.382 e. The molecule has 0 aromatic carbocycles. The summed E-state index contributed by atoms with van der Waals surface area (Å²) in [5.41, 5.74) is -0.512. The number of carbonyl (C=O) groups is 1. The standard InChI is InChI=1S/C12H24N2O2/c1-5-12(6-7-13-8-12)10(15)14-11(2,3)9-16-4/h13H,5-9H2,1-4H3,(H,14,15). The molecule has 1 aliphatic heterocycles. The molecule has 0 radical (unpaired) electrons. The van der Waals surface area contributed by atoms with Crippen molar-refractivity contribution in [3.63, 3.8) is 0 Å². The summed E-state index contributed by atoms with van der Waals surface area (Å²) >= 11 is 0. The van der Waals surface area contributed by atoms with Crippen LogP contribution in [0.5, 0.6) is 0 Å². The third kappa shape index (κ3) is 2.95. The highest BCUT2D eigenvalue weighted by Gasteiger charge is 2.41. The monoisotopic (exact) mass is 228 g/mol. The zero-order valence-electron chi connectivity index (χ0n) is 10.9. The van der Waals surface area contributed by atoms with Crippen LogP contribution in [0, 0.1) is 5.41 Å². The third-order valence-corrected chi connectivity index (χ3v) is 3.36. The van der Waals surface area contributed by atoms with Gasteiger partial charge in [0.1, 0.15) is 0 Å². The molecule has 1 fully saturated rings. The molecule has 1 atom stereocenters.